The standard InChI is InChI=1S/C18H18FNO3/c1-12-7-9-14(10-8-12)11-17(21)23-13(2)18(22)20-16-6-4-3-5-15(16)19/h3-10,13H,11H2,1-2H3,(H,20,22)/t13-/m0/s1. The SMILES string of the molecule is Cc1ccc(CC(=O)O[C@@H](C)C(=O)Nc2ccccc2F)cc1. The van der Waals surface area contributed by atoms with Crippen molar-refractivity contribution in [2.75, 3.05) is 5.32 Å². The minimum Gasteiger partial charge on any atom is -0.452 e. The molecule has 120 valence electrons. The number of hydrogen-bond acceptors (Lipinski definition) is 3. The molecule has 0 spiro atoms. The molecule has 0 radical (unpaired) electrons. The summed E-state index contributed by atoms with van der Waals surface area (Å²) in [6.07, 6.45) is -0.926. The Bertz CT molecular complexity index is 698. The molecule has 1 N–H and O–H groups in total. The molecule has 0 saturated carbocycles. The number of halogens is 1. The smallest absolute Gasteiger partial charge is 0.311 e. The number of aryl methyl sites for hydroxylation is 1. The van der Waals surface area contributed by atoms with Crippen molar-refractivity contribution in [3.63, 3.8) is 0 Å². The predicted molar refractivity (Wildman–Crippen MR) is 85.5 cm³/mol. The van der Waals surface area contributed by atoms with Crippen molar-refractivity contribution in [3.8, 4) is 0 Å². The van der Waals surface area contributed by atoms with Gasteiger partial charge in [-0.2, -0.15) is 0 Å². The maximum Gasteiger partial charge on any atom is 0.311 e. The maximum absolute atomic E-state index is 13.5. The van der Waals surface area contributed by atoms with E-state index >= 15 is 0 Å². The van der Waals surface area contributed by atoms with E-state index in [2.05, 4.69) is 5.32 Å². The maximum atomic E-state index is 13.5. The number of anilines is 1. The van der Waals surface area contributed by atoms with Crippen LogP contribution < -0.4 is 5.32 Å². The molecule has 1 atom stereocenters. The summed E-state index contributed by atoms with van der Waals surface area (Å²) in [6, 6.07) is 13.3. The third kappa shape index (κ3) is 4.92. The van der Waals surface area contributed by atoms with E-state index < -0.39 is 23.8 Å². The number of carbonyl (C=O) groups is 2. The van der Waals surface area contributed by atoms with Crippen LogP contribution in [0.3, 0.4) is 0 Å². The van der Waals surface area contributed by atoms with Crippen LogP contribution in [0.5, 0.6) is 0 Å². The Hall–Kier alpha value is -2.69. The first-order chi connectivity index (χ1) is 11.0. The number of hydrogen-bond donors (Lipinski definition) is 1. The quantitative estimate of drug-likeness (QED) is 0.862. The number of benzene rings is 2. The highest BCUT2D eigenvalue weighted by Gasteiger charge is 2.19. The molecule has 2 aromatic carbocycles. The molecular weight excluding hydrogens is 297 g/mol. The van der Waals surface area contributed by atoms with Crippen molar-refractivity contribution in [2.45, 2.75) is 26.4 Å². The fourth-order valence-corrected chi connectivity index (χ4v) is 1.96. The molecule has 0 aromatic heterocycles. The first kappa shape index (κ1) is 16.7. The number of esters is 1. The van der Waals surface area contributed by atoms with E-state index in [1.54, 1.807) is 6.07 Å². The summed E-state index contributed by atoms with van der Waals surface area (Å²) in [4.78, 5) is 23.8. The molecule has 0 bridgehead atoms. The zero-order valence-electron chi connectivity index (χ0n) is 13.0. The van der Waals surface area contributed by atoms with Gasteiger partial charge in [-0.25, -0.2) is 4.39 Å². The summed E-state index contributed by atoms with van der Waals surface area (Å²) >= 11 is 0. The van der Waals surface area contributed by atoms with Gasteiger partial charge in [-0.15, -0.1) is 0 Å². The fourth-order valence-electron chi connectivity index (χ4n) is 1.96. The first-order valence-corrected chi connectivity index (χ1v) is 7.26. The van der Waals surface area contributed by atoms with E-state index in [1.807, 2.05) is 31.2 Å². The molecule has 0 aliphatic carbocycles. The van der Waals surface area contributed by atoms with E-state index in [1.165, 1.54) is 25.1 Å². The zero-order chi connectivity index (χ0) is 16.8. The highest BCUT2D eigenvalue weighted by molar-refractivity contribution is 5.95. The van der Waals surface area contributed by atoms with Gasteiger partial charge >= 0.3 is 5.97 Å². The van der Waals surface area contributed by atoms with Crippen LogP contribution in [0.4, 0.5) is 10.1 Å². The largest absolute Gasteiger partial charge is 0.452 e. The Morgan fingerprint density at radius 3 is 2.43 bits per heavy atom. The lowest BCUT2D eigenvalue weighted by Crippen LogP contribution is -2.30. The predicted octanol–water partition coefficient (Wildman–Crippen LogP) is 3.25. The van der Waals surface area contributed by atoms with Crippen LogP contribution >= 0.6 is 0 Å². The van der Waals surface area contributed by atoms with Crippen LogP contribution in [0, 0.1) is 12.7 Å². The lowest BCUT2D eigenvalue weighted by atomic mass is 10.1. The van der Waals surface area contributed by atoms with Crippen LogP contribution in [0.2, 0.25) is 0 Å². The van der Waals surface area contributed by atoms with Gasteiger partial charge in [0.2, 0.25) is 0 Å². The van der Waals surface area contributed by atoms with Gasteiger partial charge in [0.25, 0.3) is 5.91 Å². The van der Waals surface area contributed by atoms with E-state index in [4.69, 9.17) is 4.74 Å². The van der Waals surface area contributed by atoms with Crippen LogP contribution in [-0.2, 0) is 20.7 Å². The molecule has 0 aliphatic rings. The van der Waals surface area contributed by atoms with Gasteiger partial charge < -0.3 is 10.1 Å². The lowest BCUT2D eigenvalue weighted by Gasteiger charge is -2.14. The third-order valence-electron chi connectivity index (χ3n) is 3.28. The van der Waals surface area contributed by atoms with E-state index in [0.717, 1.165) is 11.1 Å². The van der Waals surface area contributed by atoms with Crippen LogP contribution in [0.25, 0.3) is 0 Å². The van der Waals surface area contributed by atoms with Crippen LogP contribution in [0.15, 0.2) is 48.5 Å². The van der Waals surface area contributed by atoms with Gasteiger partial charge in [0.05, 0.1) is 12.1 Å². The molecule has 0 fully saturated rings. The van der Waals surface area contributed by atoms with Gasteiger partial charge in [-0.1, -0.05) is 42.0 Å². The Balaban J connectivity index is 1.89. The van der Waals surface area contributed by atoms with Gasteiger partial charge in [-0.05, 0) is 31.5 Å². The summed E-state index contributed by atoms with van der Waals surface area (Å²) in [7, 11) is 0. The van der Waals surface area contributed by atoms with Crippen molar-refractivity contribution < 1.29 is 18.7 Å². The van der Waals surface area contributed by atoms with Crippen molar-refractivity contribution in [3.05, 3.63) is 65.5 Å². The lowest BCUT2D eigenvalue weighted by molar-refractivity contribution is -0.152. The number of carbonyl (C=O) groups excluding carboxylic acids is 2. The first-order valence-electron chi connectivity index (χ1n) is 7.26. The molecule has 0 saturated heterocycles. The molecule has 4 nitrogen and oxygen atoms in total. The van der Waals surface area contributed by atoms with Crippen LogP contribution in [-0.4, -0.2) is 18.0 Å². The van der Waals surface area contributed by atoms with E-state index in [0.29, 0.717) is 0 Å². The molecule has 1 amide bonds. The monoisotopic (exact) mass is 315 g/mol. The molecule has 2 aromatic rings. The highest BCUT2D eigenvalue weighted by atomic mass is 19.1. The van der Waals surface area contributed by atoms with Crippen LogP contribution in [0.1, 0.15) is 18.1 Å². The van der Waals surface area contributed by atoms with Gasteiger partial charge in [0.1, 0.15) is 5.82 Å². The molecule has 0 heterocycles. The Labute approximate surface area is 134 Å². The average molecular weight is 315 g/mol. The third-order valence-corrected chi connectivity index (χ3v) is 3.28. The van der Waals surface area contributed by atoms with Gasteiger partial charge in [0, 0.05) is 0 Å². The Morgan fingerprint density at radius 1 is 1.13 bits per heavy atom. The molecule has 23 heavy (non-hydrogen) atoms. The minimum absolute atomic E-state index is 0.0546. The minimum atomic E-state index is -1.01. The van der Waals surface area contributed by atoms with Crippen molar-refractivity contribution in [2.24, 2.45) is 0 Å². The second kappa shape index (κ2) is 7.54. The second-order valence-corrected chi connectivity index (χ2v) is 5.26. The number of rotatable bonds is 5. The second-order valence-electron chi connectivity index (χ2n) is 5.26. The van der Waals surface area contributed by atoms with Gasteiger partial charge in [0.15, 0.2) is 6.10 Å². The number of amides is 1. The molecule has 0 unspecified atom stereocenters. The summed E-state index contributed by atoms with van der Waals surface area (Å²) in [5, 5.41) is 2.40. The van der Waals surface area contributed by atoms with E-state index in [-0.39, 0.29) is 12.1 Å². The zero-order valence-corrected chi connectivity index (χ0v) is 13.0. The van der Waals surface area contributed by atoms with Gasteiger partial charge in [-0.3, -0.25) is 9.59 Å². The summed E-state index contributed by atoms with van der Waals surface area (Å²) in [6.45, 7) is 3.40. The highest BCUT2D eigenvalue weighted by Crippen LogP contribution is 2.13. The Kier molecular flexibility index (Phi) is 5.46. The molecule has 2 rings (SSSR count). The van der Waals surface area contributed by atoms with Crippen molar-refractivity contribution in [1.82, 2.24) is 0 Å². The summed E-state index contributed by atoms with van der Waals surface area (Å²) < 4.78 is 18.6. The summed E-state index contributed by atoms with van der Waals surface area (Å²) in [5.74, 6) is -1.63. The molecular formula is C18H18FNO3. The topological polar surface area (TPSA) is 55.4 Å². The number of ether oxygens (including phenoxy) is 1. The molecule has 5 heteroatoms. The Morgan fingerprint density at radius 2 is 1.78 bits per heavy atom. The van der Waals surface area contributed by atoms with Crippen molar-refractivity contribution in [1.29, 1.82) is 0 Å². The number of para-hydroxylation sites is 1. The molecule has 0 aliphatic heterocycles. The number of nitrogens with one attached hydrogen (secondary N) is 1. The van der Waals surface area contributed by atoms with E-state index in [9.17, 15) is 14.0 Å². The van der Waals surface area contributed by atoms with Crippen molar-refractivity contribution >= 4 is 17.6 Å². The average Bonchev–Trinajstić information content (AvgIpc) is 2.51. The normalized spacial score (nSPS) is 11.6. The fraction of sp³-hybridized carbons (Fsp3) is 0.222. The summed E-state index contributed by atoms with van der Waals surface area (Å²) in [5.41, 5.74) is 1.96.